The molecule has 0 spiro atoms. The molecule has 0 aliphatic carbocycles. The maximum atomic E-state index is 9.59. The molecule has 0 saturated carbocycles. The van der Waals surface area contributed by atoms with Crippen molar-refractivity contribution in [1.82, 2.24) is 4.98 Å². The SMILES string of the molecule is C[C@H](O)c1ccnc(N(C)Cc2cccc(Cl)c2)c1. The summed E-state index contributed by atoms with van der Waals surface area (Å²) >= 11 is 5.97. The smallest absolute Gasteiger partial charge is 0.128 e. The van der Waals surface area contributed by atoms with Crippen molar-refractivity contribution in [2.45, 2.75) is 19.6 Å². The summed E-state index contributed by atoms with van der Waals surface area (Å²) in [5.41, 5.74) is 1.99. The van der Waals surface area contributed by atoms with Crippen LogP contribution in [-0.4, -0.2) is 17.1 Å². The highest BCUT2D eigenvalue weighted by Gasteiger charge is 2.07. The molecule has 1 atom stereocenters. The molecule has 0 fully saturated rings. The van der Waals surface area contributed by atoms with Gasteiger partial charge in [0.25, 0.3) is 0 Å². The lowest BCUT2D eigenvalue weighted by Crippen LogP contribution is -2.17. The summed E-state index contributed by atoms with van der Waals surface area (Å²) in [7, 11) is 1.97. The van der Waals surface area contributed by atoms with Crippen LogP contribution in [0.15, 0.2) is 42.6 Å². The van der Waals surface area contributed by atoms with Gasteiger partial charge in [0, 0.05) is 24.8 Å². The maximum Gasteiger partial charge on any atom is 0.128 e. The molecular weight excluding hydrogens is 260 g/mol. The first-order chi connectivity index (χ1) is 9.06. The first-order valence-electron chi connectivity index (χ1n) is 6.16. The molecule has 19 heavy (non-hydrogen) atoms. The van der Waals surface area contributed by atoms with Crippen LogP contribution in [0.25, 0.3) is 0 Å². The van der Waals surface area contributed by atoms with E-state index < -0.39 is 6.10 Å². The Hall–Kier alpha value is -1.58. The van der Waals surface area contributed by atoms with Crippen molar-refractivity contribution in [1.29, 1.82) is 0 Å². The highest BCUT2D eigenvalue weighted by molar-refractivity contribution is 6.30. The number of anilines is 1. The molecule has 1 aromatic heterocycles. The summed E-state index contributed by atoms with van der Waals surface area (Å²) in [5.74, 6) is 0.832. The highest BCUT2D eigenvalue weighted by Crippen LogP contribution is 2.19. The van der Waals surface area contributed by atoms with E-state index in [0.717, 1.165) is 28.5 Å². The van der Waals surface area contributed by atoms with Gasteiger partial charge in [-0.05, 0) is 42.3 Å². The van der Waals surface area contributed by atoms with E-state index in [1.165, 1.54) is 0 Å². The van der Waals surface area contributed by atoms with E-state index in [-0.39, 0.29) is 0 Å². The molecule has 0 aliphatic rings. The van der Waals surface area contributed by atoms with Crippen molar-refractivity contribution in [3.63, 3.8) is 0 Å². The van der Waals surface area contributed by atoms with Crippen molar-refractivity contribution in [3.05, 3.63) is 58.7 Å². The number of halogens is 1. The predicted octanol–water partition coefficient (Wildman–Crippen LogP) is 3.42. The number of pyridine rings is 1. The second kappa shape index (κ2) is 6.04. The van der Waals surface area contributed by atoms with Crippen molar-refractivity contribution >= 4 is 17.4 Å². The average Bonchev–Trinajstić information content (AvgIpc) is 2.39. The average molecular weight is 277 g/mol. The van der Waals surface area contributed by atoms with Gasteiger partial charge in [0.1, 0.15) is 5.82 Å². The second-order valence-corrected chi connectivity index (χ2v) is 5.05. The zero-order chi connectivity index (χ0) is 13.8. The number of rotatable bonds is 4. The first kappa shape index (κ1) is 13.8. The lowest BCUT2D eigenvalue weighted by atomic mass is 10.1. The second-order valence-electron chi connectivity index (χ2n) is 4.61. The van der Waals surface area contributed by atoms with E-state index in [1.54, 1.807) is 13.1 Å². The molecule has 0 bridgehead atoms. The number of hydrogen-bond donors (Lipinski definition) is 1. The molecule has 100 valence electrons. The number of aliphatic hydroxyl groups excluding tert-OH is 1. The Morgan fingerprint density at radius 1 is 1.32 bits per heavy atom. The van der Waals surface area contributed by atoms with Crippen LogP contribution >= 0.6 is 11.6 Å². The monoisotopic (exact) mass is 276 g/mol. The van der Waals surface area contributed by atoms with Crippen LogP contribution < -0.4 is 4.90 Å². The summed E-state index contributed by atoms with van der Waals surface area (Å²) in [6.45, 7) is 2.47. The third-order valence-corrected chi connectivity index (χ3v) is 3.19. The lowest BCUT2D eigenvalue weighted by molar-refractivity contribution is 0.199. The van der Waals surface area contributed by atoms with Gasteiger partial charge in [0.15, 0.2) is 0 Å². The molecule has 2 rings (SSSR count). The van der Waals surface area contributed by atoms with Gasteiger partial charge in [0.05, 0.1) is 6.10 Å². The minimum atomic E-state index is -0.485. The Morgan fingerprint density at radius 2 is 2.11 bits per heavy atom. The van der Waals surface area contributed by atoms with Gasteiger partial charge in [-0.3, -0.25) is 0 Å². The Morgan fingerprint density at radius 3 is 2.79 bits per heavy atom. The van der Waals surface area contributed by atoms with E-state index in [9.17, 15) is 5.11 Å². The molecule has 0 unspecified atom stereocenters. The van der Waals surface area contributed by atoms with Crippen LogP contribution in [0, 0.1) is 0 Å². The fraction of sp³-hybridized carbons (Fsp3) is 0.267. The number of aromatic nitrogens is 1. The third kappa shape index (κ3) is 3.69. The number of nitrogens with zero attached hydrogens (tertiary/aromatic N) is 2. The van der Waals surface area contributed by atoms with E-state index in [0.29, 0.717) is 0 Å². The van der Waals surface area contributed by atoms with Gasteiger partial charge in [0.2, 0.25) is 0 Å². The molecule has 1 N–H and O–H groups in total. The van der Waals surface area contributed by atoms with Gasteiger partial charge in [-0.15, -0.1) is 0 Å². The van der Waals surface area contributed by atoms with Gasteiger partial charge in [-0.2, -0.15) is 0 Å². The maximum absolute atomic E-state index is 9.59. The lowest BCUT2D eigenvalue weighted by Gasteiger charge is -2.19. The van der Waals surface area contributed by atoms with Gasteiger partial charge >= 0.3 is 0 Å². The Labute approximate surface area is 118 Å². The fourth-order valence-corrected chi connectivity index (χ4v) is 2.11. The normalized spacial score (nSPS) is 12.2. The number of benzene rings is 1. The summed E-state index contributed by atoms with van der Waals surface area (Å²) < 4.78 is 0. The minimum Gasteiger partial charge on any atom is -0.389 e. The van der Waals surface area contributed by atoms with Gasteiger partial charge < -0.3 is 10.0 Å². The summed E-state index contributed by atoms with van der Waals surface area (Å²) in [5, 5.41) is 10.3. The molecule has 1 aromatic carbocycles. The van der Waals surface area contributed by atoms with E-state index in [1.807, 2.05) is 48.3 Å². The van der Waals surface area contributed by atoms with Crippen molar-refractivity contribution in [3.8, 4) is 0 Å². The standard InChI is InChI=1S/C15H17ClN2O/c1-11(19)13-6-7-17-15(9-13)18(2)10-12-4-3-5-14(16)8-12/h3-9,11,19H,10H2,1-2H3/t11-/m0/s1. The van der Waals surface area contributed by atoms with Crippen molar-refractivity contribution < 1.29 is 5.11 Å². The van der Waals surface area contributed by atoms with Crippen LogP contribution in [-0.2, 0) is 6.54 Å². The molecule has 2 aromatic rings. The van der Waals surface area contributed by atoms with Crippen LogP contribution in [0.5, 0.6) is 0 Å². The van der Waals surface area contributed by atoms with Crippen molar-refractivity contribution in [2.24, 2.45) is 0 Å². The van der Waals surface area contributed by atoms with Gasteiger partial charge in [-0.25, -0.2) is 4.98 Å². The van der Waals surface area contributed by atoms with Crippen LogP contribution in [0.4, 0.5) is 5.82 Å². The van der Waals surface area contributed by atoms with Crippen LogP contribution in [0.1, 0.15) is 24.2 Å². The summed E-state index contributed by atoms with van der Waals surface area (Å²) in [6, 6.07) is 11.5. The Kier molecular flexibility index (Phi) is 4.40. The molecular formula is C15H17ClN2O. The molecule has 3 nitrogen and oxygen atoms in total. The molecule has 0 amide bonds. The van der Waals surface area contributed by atoms with E-state index in [2.05, 4.69) is 4.98 Å². The largest absolute Gasteiger partial charge is 0.389 e. The molecule has 0 radical (unpaired) electrons. The summed E-state index contributed by atoms with van der Waals surface area (Å²) in [4.78, 5) is 6.35. The zero-order valence-corrected chi connectivity index (χ0v) is 11.8. The number of hydrogen-bond acceptors (Lipinski definition) is 3. The Balaban J connectivity index is 2.15. The van der Waals surface area contributed by atoms with Crippen molar-refractivity contribution in [2.75, 3.05) is 11.9 Å². The predicted molar refractivity (Wildman–Crippen MR) is 78.4 cm³/mol. The first-order valence-corrected chi connectivity index (χ1v) is 6.53. The van der Waals surface area contributed by atoms with Crippen LogP contribution in [0.3, 0.4) is 0 Å². The van der Waals surface area contributed by atoms with E-state index >= 15 is 0 Å². The summed E-state index contributed by atoms with van der Waals surface area (Å²) in [6.07, 6.45) is 1.23. The van der Waals surface area contributed by atoms with Crippen LogP contribution in [0.2, 0.25) is 5.02 Å². The zero-order valence-electron chi connectivity index (χ0n) is 11.0. The molecule has 0 aliphatic heterocycles. The molecule has 1 heterocycles. The van der Waals surface area contributed by atoms with E-state index in [4.69, 9.17) is 11.6 Å². The van der Waals surface area contributed by atoms with Gasteiger partial charge in [-0.1, -0.05) is 23.7 Å². The Bertz CT molecular complexity index is 557. The fourth-order valence-electron chi connectivity index (χ4n) is 1.89. The highest BCUT2D eigenvalue weighted by atomic mass is 35.5. The topological polar surface area (TPSA) is 36.4 Å². The number of aliphatic hydroxyl groups is 1. The molecule has 4 heteroatoms. The molecule has 0 saturated heterocycles. The minimum absolute atomic E-state index is 0.485. The third-order valence-electron chi connectivity index (χ3n) is 2.95. The quantitative estimate of drug-likeness (QED) is 0.929.